The van der Waals surface area contributed by atoms with Crippen LogP contribution in [0, 0.1) is 5.92 Å². The van der Waals surface area contributed by atoms with E-state index in [0.29, 0.717) is 16.5 Å². The number of piperidine rings is 1. The molecule has 0 unspecified atom stereocenters. The lowest BCUT2D eigenvalue weighted by molar-refractivity contribution is -0.126. The number of carbonyl (C=O) groups excluding carboxylic acids is 1. The van der Waals surface area contributed by atoms with Gasteiger partial charge in [0, 0.05) is 29.6 Å². The van der Waals surface area contributed by atoms with E-state index in [9.17, 15) is 4.79 Å². The predicted octanol–water partition coefficient (Wildman–Crippen LogP) is 4.55. The van der Waals surface area contributed by atoms with E-state index < -0.39 is 0 Å². The number of carbonyl (C=O) groups is 1. The van der Waals surface area contributed by atoms with E-state index >= 15 is 0 Å². The Morgan fingerprint density at radius 1 is 1.09 bits per heavy atom. The number of ether oxygens (including phenoxy) is 1. The van der Waals surface area contributed by atoms with Crippen LogP contribution >= 0.6 is 11.6 Å². The van der Waals surface area contributed by atoms with Gasteiger partial charge in [-0.15, -0.1) is 15.3 Å². The van der Waals surface area contributed by atoms with Gasteiger partial charge in [-0.1, -0.05) is 23.7 Å². The third-order valence-electron chi connectivity index (χ3n) is 6.49. The molecular weight excluding hydrogens is 464 g/mol. The van der Waals surface area contributed by atoms with Crippen molar-refractivity contribution in [3.63, 3.8) is 0 Å². The third-order valence-corrected chi connectivity index (χ3v) is 6.75. The van der Waals surface area contributed by atoms with E-state index in [0.717, 1.165) is 48.6 Å². The number of hydrogen-bond acceptors (Lipinski definition) is 6. The summed E-state index contributed by atoms with van der Waals surface area (Å²) in [6.07, 6.45) is 1.53. The number of fused-ring (bicyclic) bond motifs is 1. The second kappa shape index (κ2) is 9.92. The summed E-state index contributed by atoms with van der Waals surface area (Å²) < 4.78 is 7.06. The van der Waals surface area contributed by atoms with Crippen molar-refractivity contribution in [3.05, 3.63) is 71.2 Å². The first-order chi connectivity index (χ1) is 17.0. The molecule has 1 atom stereocenters. The quantitative estimate of drug-likeness (QED) is 0.427. The summed E-state index contributed by atoms with van der Waals surface area (Å²) in [5.74, 6) is 2.36. The third kappa shape index (κ3) is 4.93. The van der Waals surface area contributed by atoms with Crippen molar-refractivity contribution in [2.24, 2.45) is 5.92 Å². The maximum Gasteiger partial charge on any atom is 0.223 e. The van der Waals surface area contributed by atoms with Gasteiger partial charge in [0.15, 0.2) is 11.5 Å². The lowest BCUT2D eigenvalue weighted by Gasteiger charge is -2.32. The summed E-state index contributed by atoms with van der Waals surface area (Å²) in [7, 11) is 1.64. The summed E-state index contributed by atoms with van der Waals surface area (Å²) in [4.78, 5) is 15.1. The molecule has 5 rings (SSSR count). The highest BCUT2D eigenvalue weighted by Crippen LogP contribution is 2.26. The maximum atomic E-state index is 12.9. The molecule has 0 radical (unpaired) electrons. The van der Waals surface area contributed by atoms with Crippen LogP contribution in [0.25, 0.3) is 17.0 Å². The van der Waals surface area contributed by atoms with Crippen LogP contribution in [0.4, 0.5) is 5.82 Å². The summed E-state index contributed by atoms with van der Waals surface area (Å²) >= 11 is 6.02. The molecule has 9 heteroatoms. The molecule has 0 spiro atoms. The molecule has 0 bridgehead atoms. The number of aromatic nitrogens is 4. The second-order valence-corrected chi connectivity index (χ2v) is 9.20. The topological polar surface area (TPSA) is 84.6 Å². The molecule has 1 fully saturated rings. The minimum Gasteiger partial charge on any atom is -0.497 e. The van der Waals surface area contributed by atoms with E-state index in [-0.39, 0.29) is 17.9 Å². The van der Waals surface area contributed by atoms with Crippen molar-refractivity contribution in [2.75, 3.05) is 25.1 Å². The Labute approximate surface area is 208 Å². The van der Waals surface area contributed by atoms with Crippen LogP contribution in [-0.4, -0.2) is 45.9 Å². The molecule has 1 amide bonds. The van der Waals surface area contributed by atoms with Crippen LogP contribution in [0.15, 0.2) is 60.7 Å². The van der Waals surface area contributed by atoms with E-state index in [4.69, 9.17) is 21.4 Å². The Bertz CT molecular complexity index is 1330. The van der Waals surface area contributed by atoms with Crippen molar-refractivity contribution in [1.82, 2.24) is 25.1 Å². The van der Waals surface area contributed by atoms with Gasteiger partial charge < -0.3 is 15.0 Å². The second-order valence-electron chi connectivity index (χ2n) is 8.76. The van der Waals surface area contributed by atoms with Crippen molar-refractivity contribution >= 4 is 29.0 Å². The van der Waals surface area contributed by atoms with Crippen molar-refractivity contribution in [2.45, 2.75) is 25.8 Å². The molecular formula is C26H27ClN6O2. The minimum absolute atomic E-state index is 0.0254. The summed E-state index contributed by atoms with van der Waals surface area (Å²) in [6.45, 7) is 3.50. The molecule has 0 aliphatic carbocycles. The molecule has 4 aromatic rings. The number of methoxy groups -OCH3 is 1. The van der Waals surface area contributed by atoms with Crippen LogP contribution in [0.2, 0.25) is 5.02 Å². The molecule has 8 nitrogen and oxygen atoms in total. The largest absolute Gasteiger partial charge is 0.497 e. The highest BCUT2D eigenvalue weighted by atomic mass is 35.5. The normalized spacial score (nSPS) is 15.2. The molecule has 35 heavy (non-hydrogen) atoms. The van der Waals surface area contributed by atoms with Gasteiger partial charge in [0.2, 0.25) is 5.91 Å². The standard InChI is InChI=1S/C26H27ClN6O2/c1-17(20-4-3-5-22(16-20)35-2)28-26(34)19-12-14-32(15-13-19)24-11-10-23-29-30-25(33(23)31-24)18-6-8-21(27)9-7-18/h3-11,16-17,19H,12-15H2,1-2H3,(H,28,34)/t17-/m0/s1. The highest BCUT2D eigenvalue weighted by Gasteiger charge is 2.27. The molecule has 0 saturated carbocycles. The van der Waals surface area contributed by atoms with Gasteiger partial charge in [0.1, 0.15) is 11.6 Å². The number of nitrogens with zero attached hydrogens (tertiary/aromatic N) is 5. The zero-order chi connectivity index (χ0) is 24.4. The number of amides is 1. The first-order valence-corrected chi connectivity index (χ1v) is 12.1. The summed E-state index contributed by atoms with van der Waals surface area (Å²) in [6, 6.07) is 19.1. The van der Waals surface area contributed by atoms with Crippen LogP contribution in [0.5, 0.6) is 5.75 Å². The van der Waals surface area contributed by atoms with E-state index in [1.807, 2.05) is 67.6 Å². The molecule has 1 aliphatic rings. The van der Waals surface area contributed by atoms with Crippen molar-refractivity contribution < 1.29 is 9.53 Å². The Kier molecular flexibility index (Phi) is 6.55. The first kappa shape index (κ1) is 23.1. The zero-order valence-electron chi connectivity index (χ0n) is 19.7. The molecule has 2 aromatic carbocycles. The smallest absolute Gasteiger partial charge is 0.223 e. The lowest BCUT2D eigenvalue weighted by Crippen LogP contribution is -2.41. The number of rotatable bonds is 6. The van der Waals surface area contributed by atoms with Crippen LogP contribution in [-0.2, 0) is 4.79 Å². The highest BCUT2D eigenvalue weighted by molar-refractivity contribution is 6.30. The monoisotopic (exact) mass is 490 g/mol. The van der Waals surface area contributed by atoms with E-state index in [1.165, 1.54) is 0 Å². The fourth-order valence-corrected chi connectivity index (χ4v) is 4.55. The van der Waals surface area contributed by atoms with Gasteiger partial charge in [-0.05, 0) is 73.9 Å². The number of nitrogens with one attached hydrogen (secondary N) is 1. The van der Waals surface area contributed by atoms with E-state index in [1.54, 1.807) is 11.6 Å². The molecule has 3 heterocycles. The molecule has 1 saturated heterocycles. The van der Waals surface area contributed by atoms with Crippen LogP contribution < -0.4 is 15.0 Å². The first-order valence-electron chi connectivity index (χ1n) is 11.7. The average Bonchev–Trinajstić information content (AvgIpc) is 3.32. The molecule has 2 aromatic heterocycles. The number of hydrogen-bond donors (Lipinski definition) is 1. The number of halogens is 1. The fraction of sp³-hybridized carbons (Fsp3) is 0.308. The number of anilines is 1. The van der Waals surface area contributed by atoms with Crippen molar-refractivity contribution in [1.29, 1.82) is 0 Å². The molecule has 180 valence electrons. The van der Waals surface area contributed by atoms with Gasteiger partial charge in [-0.25, -0.2) is 0 Å². The van der Waals surface area contributed by atoms with Gasteiger partial charge in [-0.2, -0.15) is 4.52 Å². The van der Waals surface area contributed by atoms with Crippen LogP contribution in [0.1, 0.15) is 31.4 Å². The SMILES string of the molecule is COc1cccc([C@H](C)NC(=O)C2CCN(c3ccc4nnc(-c5ccc(Cl)cc5)n4n3)CC2)c1. The lowest BCUT2D eigenvalue weighted by atomic mass is 9.95. The fourth-order valence-electron chi connectivity index (χ4n) is 4.42. The minimum atomic E-state index is -0.0836. The Hall–Kier alpha value is -3.65. The summed E-state index contributed by atoms with van der Waals surface area (Å²) in [5, 5.41) is 17.2. The zero-order valence-corrected chi connectivity index (χ0v) is 20.4. The van der Waals surface area contributed by atoms with Crippen LogP contribution in [0.3, 0.4) is 0 Å². The van der Waals surface area contributed by atoms with Gasteiger partial charge >= 0.3 is 0 Å². The predicted molar refractivity (Wildman–Crippen MR) is 136 cm³/mol. The average molecular weight is 491 g/mol. The van der Waals surface area contributed by atoms with Gasteiger partial charge in [-0.3, -0.25) is 4.79 Å². The Morgan fingerprint density at radius 2 is 1.86 bits per heavy atom. The Balaban J connectivity index is 1.24. The van der Waals surface area contributed by atoms with Gasteiger partial charge in [0.25, 0.3) is 0 Å². The molecule has 1 N–H and O–H groups in total. The molecule has 1 aliphatic heterocycles. The maximum absolute atomic E-state index is 12.9. The summed E-state index contributed by atoms with van der Waals surface area (Å²) in [5.41, 5.74) is 2.60. The van der Waals surface area contributed by atoms with Gasteiger partial charge in [0.05, 0.1) is 13.2 Å². The Morgan fingerprint density at radius 3 is 2.60 bits per heavy atom. The van der Waals surface area contributed by atoms with Crippen molar-refractivity contribution in [3.8, 4) is 17.1 Å². The number of benzene rings is 2. The van der Waals surface area contributed by atoms with E-state index in [2.05, 4.69) is 20.4 Å².